The van der Waals surface area contributed by atoms with Crippen molar-refractivity contribution < 1.29 is 26.9 Å². The number of fused-ring (bicyclic) bond motifs is 1. The molecule has 0 bridgehead atoms. The van der Waals surface area contributed by atoms with Gasteiger partial charge in [-0.15, -0.1) is 0 Å². The fraction of sp³-hybridized carbons (Fsp3) is 0.421. The van der Waals surface area contributed by atoms with E-state index >= 15 is 0 Å². The molecule has 0 spiro atoms. The van der Waals surface area contributed by atoms with Gasteiger partial charge in [0.15, 0.2) is 5.76 Å². The predicted molar refractivity (Wildman–Crippen MR) is 93.5 cm³/mol. The summed E-state index contributed by atoms with van der Waals surface area (Å²) in [5.41, 5.74) is 1.30. The number of hydrogen-bond donors (Lipinski definition) is 1. The number of rotatable bonds is 3. The van der Waals surface area contributed by atoms with Crippen molar-refractivity contribution in [1.82, 2.24) is 15.5 Å². The van der Waals surface area contributed by atoms with Crippen molar-refractivity contribution in [3.05, 3.63) is 35.7 Å². The Balaban J connectivity index is 1.64. The Hall–Kier alpha value is -2.84. The molecule has 148 valence electrons. The van der Waals surface area contributed by atoms with Gasteiger partial charge in [0, 0.05) is 6.04 Å². The van der Waals surface area contributed by atoms with Gasteiger partial charge in [0.2, 0.25) is 0 Å². The maximum Gasteiger partial charge on any atom is 0.391 e. The average molecular weight is 393 g/mol. The van der Waals surface area contributed by atoms with E-state index in [1.54, 1.807) is 25.1 Å². The average Bonchev–Trinajstić information content (AvgIpc) is 3.31. The van der Waals surface area contributed by atoms with Gasteiger partial charge >= 0.3 is 6.18 Å². The minimum absolute atomic E-state index is 0.1000. The molecule has 0 aromatic carbocycles. The highest BCUT2D eigenvalue weighted by Crippen LogP contribution is 2.37. The van der Waals surface area contributed by atoms with Gasteiger partial charge in [-0.3, -0.25) is 4.79 Å². The molecule has 1 aliphatic carbocycles. The van der Waals surface area contributed by atoms with Crippen molar-refractivity contribution in [3.63, 3.8) is 0 Å². The van der Waals surface area contributed by atoms with Crippen LogP contribution in [0.25, 0.3) is 22.6 Å². The summed E-state index contributed by atoms with van der Waals surface area (Å²) < 4.78 is 49.7. The third-order valence-corrected chi connectivity index (χ3v) is 5.11. The third kappa shape index (κ3) is 3.48. The number of halogens is 3. The zero-order valence-electron chi connectivity index (χ0n) is 15.0. The summed E-state index contributed by atoms with van der Waals surface area (Å²) >= 11 is 0. The summed E-state index contributed by atoms with van der Waals surface area (Å²) in [5, 5.41) is 7.05. The minimum Gasteiger partial charge on any atom is -0.463 e. The molecule has 6 nitrogen and oxygen atoms in total. The zero-order valence-corrected chi connectivity index (χ0v) is 15.0. The summed E-state index contributed by atoms with van der Waals surface area (Å²) in [6, 6.07) is 4.38. The molecule has 1 fully saturated rings. The Morgan fingerprint density at radius 3 is 2.86 bits per heavy atom. The molecule has 1 N–H and O–H groups in total. The maximum atomic E-state index is 13.1. The molecular formula is C19H18F3N3O3. The Morgan fingerprint density at radius 1 is 1.32 bits per heavy atom. The maximum absolute atomic E-state index is 13.1. The number of nitrogens with zero attached hydrogens (tertiary/aromatic N) is 2. The first-order chi connectivity index (χ1) is 13.3. The van der Waals surface area contributed by atoms with Crippen LogP contribution >= 0.6 is 0 Å². The van der Waals surface area contributed by atoms with E-state index in [2.05, 4.69) is 15.5 Å². The minimum atomic E-state index is -4.25. The second-order valence-electron chi connectivity index (χ2n) is 7.06. The van der Waals surface area contributed by atoms with E-state index in [9.17, 15) is 18.0 Å². The molecule has 0 aliphatic heterocycles. The highest BCUT2D eigenvalue weighted by atomic mass is 19.4. The Kier molecular flexibility index (Phi) is 4.60. The molecule has 4 rings (SSSR count). The highest BCUT2D eigenvalue weighted by Gasteiger charge is 2.42. The number of hydrogen-bond acceptors (Lipinski definition) is 5. The van der Waals surface area contributed by atoms with E-state index in [1.807, 2.05) is 0 Å². The molecule has 2 unspecified atom stereocenters. The van der Waals surface area contributed by atoms with Crippen LogP contribution in [-0.4, -0.2) is 28.3 Å². The van der Waals surface area contributed by atoms with E-state index in [0.29, 0.717) is 35.4 Å². The largest absolute Gasteiger partial charge is 0.463 e. The van der Waals surface area contributed by atoms with Crippen LogP contribution in [0.1, 0.15) is 41.7 Å². The molecule has 0 radical (unpaired) electrons. The van der Waals surface area contributed by atoms with Gasteiger partial charge in [0.1, 0.15) is 5.69 Å². The fourth-order valence-electron chi connectivity index (χ4n) is 3.71. The summed E-state index contributed by atoms with van der Waals surface area (Å²) in [4.78, 5) is 17.3. The molecule has 9 heteroatoms. The molecule has 28 heavy (non-hydrogen) atoms. The predicted octanol–water partition coefficient (Wildman–Crippen LogP) is 4.64. The van der Waals surface area contributed by atoms with Gasteiger partial charge < -0.3 is 14.3 Å². The van der Waals surface area contributed by atoms with Crippen molar-refractivity contribution in [2.75, 3.05) is 0 Å². The molecule has 1 amide bonds. The first-order valence-corrected chi connectivity index (χ1v) is 9.01. The number of carbonyl (C=O) groups is 1. The van der Waals surface area contributed by atoms with Crippen molar-refractivity contribution >= 4 is 17.0 Å². The summed E-state index contributed by atoms with van der Waals surface area (Å²) in [7, 11) is 0. The van der Waals surface area contributed by atoms with Crippen molar-refractivity contribution in [2.45, 2.75) is 44.8 Å². The first-order valence-electron chi connectivity index (χ1n) is 9.01. The van der Waals surface area contributed by atoms with Gasteiger partial charge in [-0.2, -0.15) is 13.2 Å². The summed E-state index contributed by atoms with van der Waals surface area (Å²) in [6.45, 7) is 1.68. The quantitative estimate of drug-likeness (QED) is 0.701. The smallest absolute Gasteiger partial charge is 0.391 e. The second-order valence-corrected chi connectivity index (χ2v) is 7.06. The van der Waals surface area contributed by atoms with E-state index < -0.39 is 24.0 Å². The molecule has 1 saturated carbocycles. The van der Waals surface area contributed by atoms with Crippen molar-refractivity contribution in [3.8, 4) is 11.5 Å². The van der Waals surface area contributed by atoms with Gasteiger partial charge in [-0.25, -0.2) is 4.98 Å². The van der Waals surface area contributed by atoms with E-state index in [-0.39, 0.29) is 24.1 Å². The van der Waals surface area contributed by atoms with Crippen LogP contribution < -0.4 is 5.32 Å². The Labute approximate surface area is 158 Å². The lowest BCUT2D eigenvalue weighted by atomic mass is 9.85. The number of carbonyl (C=O) groups excluding carboxylic acids is 1. The number of furan rings is 1. The van der Waals surface area contributed by atoms with Crippen LogP contribution in [0.15, 0.2) is 33.4 Å². The molecule has 0 saturated heterocycles. The SMILES string of the molecule is Cc1noc2nc(-c3ccco3)cc(C(=O)NC3CCCC(C(F)(F)F)C3)c12. The second kappa shape index (κ2) is 6.96. The van der Waals surface area contributed by atoms with Crippen LogP contribution in [0.3, 0.4) is 0 Å². The summed E-state index contributed by atoms with van der Waals surface area (Å²) in [6.07, 6.45) is -1.85. The Morgan fingerprint density at radius 2 is 2.14 bits per heavy atom. The first kappa shape index (κ1) is 18.5. The lowest BCUT2D eigenvalue weighted by Crippen LogP contribution is -2.41. The van der Waals surface area contributed by atoms with E-state index in [0.717, 1.165) is 0 Å². The molecule has 3 aromatic heterocycles. The number of pyridine rings is 1. The molecular weight excluding hydrogens is 375 g/mol. The van der Waals surface area contributed by atoms with Crippen molar-refractivity contribution in [1.29, 1.82) is 0 Å². The third-order valence-electron chi connectivity index (χ3n) is 5.11. The lowest BCUT2D eigenvalue weighted by molar-refractivity contribution is -0.183. The molecule has 2 atom stereocenters. The topological polar surface area (TPSA) is 81.2 Å². The number of nitrogens with one attached hydrogen (secondary N) is 1. The van der Waals surface area contributed by atoms with Crippen LogP contribution in [-0.2, 0) is 0 Å². The normalized spacial score (nSPS) is 20.4. The molecule has 1 aliphatic rings. The van der Waals surface area contributed by atoms with Gasteiger partial charge in [-0.1, -0.05) is 11.6 Å². The number of alkyl halides is 3. The van der Waals surface area contributed by atoms with Crippen molar-refractivity contribution in [2.24, 2.45) is 5.92 Å². The molecule has 3 heterocycles. The number of aryl methyl sites for hydroxylation is 1. The zero-order chi connectivity index (χ0) is 19.9. The highest BCUT2D eigenvalue weighted by molar-refractivity contribution is 6.07. The summed E-state index contributed by atoms with van der Waals surface area (Å²) in [5.74, 6) is -1.42. The number of aromatic nitrogens is 2. The Bertz CT molecular complexity index is 995. The lowest BCUT2D eigenvalue weighted by Gasteiger charge is -2.31. The van der Waals surface area contributed by atoms with Gasteiger partial charge in [0.05, 0.1) is 28.8 Å². The van der Waals surface area contributed by atoms with Crippen LogP contribution in [0, 0.1) is 12.8 Å². The van der Waals surface area contributed by atoms with E-state index in [4.69, 9.17) is 8.94 Å². The van der Waals surface area contributed by atoms with Crippen LogP contribution in [0.4, 0.5) is 13.2 Å². The number of amides is 1. The molecule has 3 aromatic rings. The van der Waals surface area contributed by atoms with Crippen LogP contribution in [0.2, 0.25) is 0 Å². The standard InChI is InChI=1S/C19H18F3N3O3/c1-10-16-13(9-14(15-6-3-7-27-15)24-18(16)28-25-10)17(26)23-12-5-2-4-11(8-12)19(20,21)22/h3,6-7,9,11-12H,2,4-5,8H2,1H3,(H,23,26). The van der Waals surface area contributed by atoms with E-state index in [1.165, 1.54) is 6.26 Å². The monoisotopic (exact) mass is 393 g/mol. The fourth-order valence-corrected chi connectivity index (χ4v) is 3.71. The van der Waals surface area contributed by atoms with Gasteiger partial charge in [0.25, 0.3) is 11.6 Å². The van der Waals surface area contributed by atoms with Gasteiger partial charge in [-0.05, 0) is 44.4 Å². The van der Waals surface area contributed by atoms with Crippen LogP contribution in [0.5, 0.6) is 0 Å².